The average molecular weight is 340 g/mol. The Morgan fingerprint density at radius 1 is 1.32 bits per heavy atom. The third-order valence-electron chi connectivity index (χ3n) is 2.92. The third kappa shape index (κ3) is 4.54. The number of aromatic nitrogens is 1. The van der Waals surface area contributed by atoms with E-state index in [1.54, 1.807) is 12.5 Å². The van der Waals surface area contributed by atoms with Crippen LogP contribution < -0.4 is 10.5 Å². The monoisotopic (exact) mass is 340 g/mol. The molecule has 0 aliphatic carbocycles. The number of nitrogens with zero attached hydrogens (tertiary/aromatic N) is 1. The molecule has 0 saturated heterocycles. The van der Waals surface area contributed by atoms with Crippen LogP contribution in [0.2, 0.25) is 0 Å². The Kier molecular flexibility index (Phi) is 5.15. The van der Waals surface area contributed by atoms with Gasteiger partial charge in [-0.1, -0.05) is 0 Å². The topological polar surface area (TPSA) is 99.3 Å². The van der Waals surface area contributed by atoms with E-state index in [1.165, 1.54) is 11.3 Å². The van der Waals surface area contributed by atoms with Gasteiger partial charge in [-0.05, 0) is 24.3 Å². The fourth-order valence-electron chi connectivity index (χ4n) is 1.79. The minimum absolute atomic E-state index is 0.169. The molecular formula is C14H16N2O4S2. The number of benzene rings is 1. The lowest BCUT2D eigenvalue weighted by Gasteiger charge is -2.01. The van der Waals surface area contributed by atoms with Crippen LogP contribution in [0.25, 0.3) is 10.6 Å². The quantitative estimate of drug-likeness (QED) is 0.825. The van der Waals surface area contributed by atoms with Gasteiger partial charge in [0.25, 0.3) is 0 Å². The zero-order valence-corrected chi connectivity index (χ0v) is 13.6. The van der Waals surface area contributed by atoms with Crippen LogP contribution in [0.15, 0.2) is 29.6 Å². The van der Waals surface area contributed by atoms with Crippen molar-refractivity contribution in [3.8, 4) is 16.3 Å². The van der Waals surface area contributed by atoms with E-state index in [2.05, 4.69) is 4.98 Å². The van der Waals surface area contributed by atoms with Crippen molar-refractivity contribution in [1.82, 2.24) is 4.98 Å². The van der Waals surface area contributed by atoms with E-state index < -0.39 is 15.7 Å². The van der Waals surface area contributed by atoms with Crippen LogP contribution in [-0.2, 0) is 20.4 Å². The number of sulfone groups is 1. The second-order valence-electron chi connectivity index (χ2n) is 4.68. The van der Waals surface area contributed by atoms with Crippen LogP contribution in [0.1, 0.15) is 12.1 Å². The number of hydrogen-bond donors (Lipinski definition) is 1. The molecule has 0 radical (unpaired) electrons. The van der Waals surface area contributed by atoms with Gasteiger partial charge in [0.15, 0.2) is 9.84 Å². The number of thiazole rings is 1. The highest BCUT2D eigenvalue weighted by Crippen LogP contribution is 2.26. The van der Waals surface area contributed by atoms with E-state index in [4.69, 9.17) is 10.5 Å². The zero-order chi connectivity index (χ0) is 16.2. The summed E-state index contributed by atoms with van der Waals surface area (Å²) in [5.74, 6) is -0.319. The number of primary amides is 1. The van der Waals surface area contributed by atoms with Gasteiger partial charge in [-0.15, -0.1) is 11.3 Å². The van der Waals surface area contributed by atoms with Gasteiger partial charge in [-0.3, -0.25) is 4.79 Å². The van der Waals surface area contributed by atoms with E-state index in [9.17, 15) is 13.2 Å². The molecule has 0 saturated carbocycles. The van der Waals surface area contributed by atoms with E-state index >= 15 is 0 Å². The summed E-state index contributed by atoms with van der Waals surface area (Å²) in [6.45, 7) is 0. The predicted octanol–water partition coefficient (Wildman–Crippen LogP) is 1.61. The number of ether oxygens (including phenoxy) is 1. The molecule has 0 bridgehead atoms. The number of carbonyl (C=O) groups is 1. The molecule has 0 unspecified atom stereocenters. The molecule has 1 amide bonds. The fraction of sp³-hybridized carbons (Fsp3) is 0.286. The first kappa shape index (κ1) is 16.4. The average Bonchev–Trinajstić information content (AvgIpc) is 2.93. The molecule has 2 aromatic rings. The molecule has 1 heterocycles. The second kappa shape index (κ2) is 6.89. The van der Waals surface area contributed by atoms with Crippen molar-refractivity contribution in [1.29, 1.82) is 0 Å². The summed E-state index contributed by atoms with van der Waals surface area (Å²) in [5.41, 5.74) is 6.34. The van der Waals surface area contributed by atoms with Crippen molar-refractivity contribution in [3.05, 3.63) is 35.3 Å². The number of amides is 1. The molecule has 0 fully saturated rings. The van der Waals surface area contributed by atoms with Gasteiger partial charge in [-0.25, -0.2) is 13.4 Å². The lowest BCUT2D eigenvalue weighted by Crippen LogP contribution is -2.18. The summed E-state index contributed by atoms with van der Waals surface area (Å²) in [6, 6.07) is 7.37. The van der Waals surface area contributed by atoms with Crippen LogP contribution in [-0.4, -0.2) is 32.2 Å². The first-order valence-electron chi connectivity index (χ1n) is 6.47. The first-order valence-corrected chi connectivity index (χ1v) is 9.17. The molecular weight excluding hydrogens is 324 g/mol. The highest BCUT2D eigenvalue weighted by atomic mass is 32.2. The smallest absolute Gasteiger partial charge is 0.218 e. The lowest BCUT2D eigenvalue weighted by molar-refractivity contribution is -0.117. The third-order valence-corrected chi connectivity index (χ3v) is 5.42. The second-order valence-corrected chi connectivity index (χ2v) is 7.72. The minimum Gasteiger partial charge on any atom is -0.497 e. The normalized spacial score (nSPS) is 11.3. The summed E-state index contributed by atoms with van der Waals surface area (Å²) in [7, 11) is -1.80. The largest absolute Gasteiger partial charge is 0.497 e. The van der Waals surface area contributed by atoms with Crippen LogP contribution in [0.5, 0.6) is 5.75 Å². The molecule has 2 rings (SSSR count). The summed E-state index contributed by atoms with van der Waals surface area (Å²) in [5, 5.41) is 2.45. The van der Waals surface area contributed by atoms with Crippen molar-refractivity contribution in [2.75, 3.05) is 12.9 Å². The number of methoxy groups -OCH3 is 1. The van der Waals surface area contributed by atoms with Gasteiger partial charge in [0.2, 0.25) is 5.91 Å². The summed E-state index contributed by atoms with van der Waals surface area (Å²) >= 11 is 1.37. The molecule has 0 spiro atoms. The molecule has 1 aromatic carbocycles. The number of rotatable bonds is 7. The van der Waals surface area contributed by atoms with Crippen molar-refractivity contribution < 1.29 is 17.9 Å². The maximum atomic E-state index is 11.9. The standard InChI is InChI=1S/C14H16N2O4S2/c1-20-12-4-2-10(3-5-12)14-16-11(8-21-14)9-22(18,19)7-6-13(15)17/h2-5,8H,6-7,9H2,1H3,(H2,15,17). The van der Waals surface area contributed by atoms with Crippen molar-refractivity contribution >= 4 is 27.1 Å². The molecule has 0 aliphatic heterocycles. The Balaban J connectivity index is 2.09. The van der Waals surface area contributed by atoms with E-state index in [-0.39, 0.29) is 17.9 Å². The van der Waals surface area contributed by atoms with E-state index in [0.717, 1.165) is 16.3 Å². The maximum Gasteiger partial charge on any atom is 0.218 e. The van der Waals surface area contributed by atoms with Crippen molar-refractivity contribution in [3.63, 3.8) is 0 Å². The van der Waals surface area contributed by atoms with E-state index in [1.807, 2.05) is 24.3 Å². The molecule has 2 N–H and O–H groups in total. The molecule has 8 heteroatoms. The zero-order valence-electron chi connectivity index (χ0n) is 12.0. The lowest BCUT2D eigenvalue weighted by atomic mass is 10.2. The van der Waals surface area contributed by atoms with Gasteiger partial charge >= 0.3 is 0 Å². The van der Waals surface area contributed by atoms with Crippen LogP contribution in [0.4, 0.5) is 0 Å². The summed E-state index contributed by atoms with van der Waals surface area (Å²) < 4.78 is 28.8. The Labute approximate surface area is 132 Å². The Hall–Kier alpha value is -1.93. The predicted molar refractivity (Wildman–Crippen MR) is 85.4 cm³/mol. The Morgan fingerprint density at radius 3 is 2.59 bits per heavy atom. The van der Waals surface area contributed by atoms with E-state index in [0.29, 0.717) is 5.69 Å². The van der Waals surface area contributed by atoms with Gasteiger partial charge < -0.3 is 10.5 Å². The van der Waals surface area contributed by atoms with Crippen molar-refractivity contribution in [2.45, 2.75) is 12.2 Å². The molecule has 1 aromatic heterocycles. The van der Waals surface area contributed by atoms with Crippen LogP contribution in [0.3, 0.4) is 0 Å². The molecule has 6 nitrogen and oxygen atoms in total. The molecule has 0 aliphatic rings. The number of carbonyl (C=O) groups excluding carboxylic acids is 1. The number of hydrogen-bond acceptors (Lipinski definition) is 6. The van der Waals surface area contributed by atoms with Gasteiger partial charge in [0.1, 0.15) is 10.8 Å². The molecule has 118 valence electrons. The fourth-order valence-corrected chi connectivity index (χ4v) is 3.98. The van der Waals surface area contributed by atoms with Crippen molar-refractivity contribution in [2.24, 2.45) is 5.73 Å². The summed E-state index contributed by atoms with van der Waals surface area (Å²) in [4.78, 5) is 15.0. The van der Waals surface area contributed by atoms with Gasteiger partial charge in [0.05, 0.1) is 24.3 Å². The Morgan fingerprint density at radius 2 is 2.00 bits per heavy atom. The maximum absolute atomic E-state index is 11.9. The molecule has 22 heavy (non-hydrogen) atoms. The summed E-state index contributed by atoms with van der Waals surface area (Å²) in [6.07, 6.45) is -0.169. The number of nitrogens with two attached hydrogens (primary N) is 1. The van der Waals surface area contributed by atoms with Crippen LogP contribution >= 0.6 is 11.3 Å². The van der Waals surface area contributed by atoms with Gasteiger partial charge in [-0.2, -0.15) is 0 Å². The Bertz CT molecular complexity index is 751. The van der Waals surface area contributed by atoms with Gasteiger partial charge in [0, 0.05) is 17.4 Å². The highest BCUT2D eigenvalue weighted by molar-refractivity contribution is 7.90. The SMILES string of the molecule is COc1ccc(-c2nc(CS(=O)(=O)CCC(N)=O)cs2)cc1. The minimum atomic E-state index is -3.39. The first-order chi connectivity index (χ1) is 10.4. The van der Waals surface area contributed by atoms with Crippen LogP contribution in [0, 0.1) is 0 Å². The highest BCUT2D eigenvalue weighted by Gasteiger charge is 2.16. The molecule has 0 atom stereocenters.